The lowest BCUT2D eigenvalue weighted by molar-refractivity contribution is 0.0949. The molecule has 1 aromatic rings. The summed E-state index contributed by atoms with van der Waals surface area (Å²) in [5, 5.41) is 0. The Kier molecular flexibility index (Phi) is 4.58. The molecule has 0 aliphatic rings. The number of rotatable bonds is 5. The van der Waals surface area contributed by atoms with Crippen LogP contribution in [0.3, 0.4) is 0 Å². The third-order valence-corrected chi connectivity index (χ3v) is 2.32. The molecule has 0 amide bonds. The van der Waals surface area contributed by atoms with E-state index >= 15 is 0 Å². The molecule has 16 heavy (non-hydrogen) atoms. The number of halogens is 1. The minimum Gasteiger partial charge on any atom is -0.383 e. The van der Waals surface area contributed by atoms with E-state index in [9.17, 15) is 9.18 Å². The third-order valence-electron chi connectivity index (χ3n) is 2.32. The molecule has 0 saturated heterocycles. The van der Waals surface area contributed by atoms with Crippen molar-refractivity contribution in [1.29, 1.82) is 0 Å². The van der Waals surface area contributed by atoms with Gasteiger partial charge >= 0.3 is 0 Å². The van der Waals surface area contributed by atoms with Crippen LogP contribution in [0.1, 0.15) is 22.3 Å². The Hall–Kier alpha value is -1.26. The Labute approximate surface area is 94.4 Å². The number of carbonyl (C=O) groups excluding carboxylic acids is 1. The second-order valence-electron chi connectivity index (χ2n) is 3.81. The van der Waals surface area contributed by atoms with Crippen molar-refractivity contribution in [3.8, 4) is 0 Å². The maximum atomic E-state index is 13.2. The highest BCUT2D eigenvalue weighted by molar-refractivity contribution is 5.96. The van der Waals surface area contributed by atoms with Crippen LogP contribution in [0.4, 0.5) is 4.39 Å². The van der Waals surface area contributed by atoms with Crippen LogP contribution in [0.5, 0.6) is 0 Å². The van der Waals surface area contributed by atoms with Crippen LogP contribution in [0.2, 0.25) is 0 Å². The number of benzene rings is 1. The molecule has 0 aliphatic heterocycles. The van der Waals surface area contributed by atoms with Gasteiger partial charge in [-0.15, -0.1) is 0 Å². The summed E-state index contributed by atoms with van der Waals surface area (Å²) in [7, 11) is 1.52. The molecule has 0 radical (unpaired) electrons. The van der Waals surface area contributed by atoms with Gasteiger partial charge in [0.2, 0.25) is 0 Å². The molecule has 1 aromatic carbocycles. The lowest BCUT2D eigenvalue weighted by atomic mass is 10.0. The van der Waals surface area contributed by atoms with Crippen molar-refractivity contribution in [2.75, 3.05) is 13.7 Å². The molecule has 0 aromatic heterocycles. The molecule has 88 valence electrons. The maximum Gasteiger partial charge on any atom is 0.164 e. The second-order valence-corrected chi connectivity index (χ2v) is 3.81. The predicted molar refractivity (Wildman–Crippen MR) is 59.9 cm³/mol. The summed E-state index contributed by atoms with van der Waals surface area (Å²) in [5.74, 6) is -0.533. The Balaban J connectivity index is 2.69. The van der Waals surface area contributed by atoms with Crippen LogP contribution in [-0.2, 0) is 4.74 Å². The lowest BCUT2D eigenvalue weighted by Crippen LogP contribution is -2.28. The van der Waals surface area contributed by atoms with Crippen molar-refractivity contribution in [3.05, 3.63) is 35.1 Å². The highest BCUT2D eigenvalue weighted by atomic mass is 19.1. The zero-order valence-corrected chi connectivity index (χ0v) is 9.50. The number of aryl methyl sites for hydroxylation is 1. The molecule has 0 fully saturated rings. The minimum atomic E-state index is -0.369. The second kappa shape index (κ2) is 5.72. The Morgan fingerprint density at radius 1 is 1.56 bits per heavy atom. The monoisotopic (exact) mass is 225 g/mol. The molecular formula is C12H16FNO2. The van der Waals surface area contributed by atoms with Gasteiger partial charge in [-0.3, -0.25) is 4.79 Å². The summed E-state index contributed by atoms with van der Waals surface area (Å²) in [6.07, 6.45) is 0.163. The first-order valence-corrected chi connectivity index (χ1v) is 5.08. The zero-order valence-electron chi connectivity index (χ0n) is 9.50. The van der Waals surface area contributed by atoms with E-state index in [0.717, 1.165) is 0 Å². The van der Waals surface area contributed by atoms with Gasteiger partial charge in [0, 0.05) is 25.1 Å². The smallest absolute Gasteiger partial charge is 0.164 e. The van der Waals surface area contributed by atoms with Crippen molar-refractivity contribution in [1.82, 2.24) is 0 Å². The first kappa shape index (κ1) is 12.8. The van der Waals surface area contributed by atoms with Crippen molar-refractivity contribution in [2.24, 2.45) is 5.73 Å². The Morgan fingerprint density at radius 2 is 2.25 bits per heavy atom. The molecule has 0 spiro atoms. The van der Waals surface area contributed by atoms with Gasteiger partial charge in [0.15, 0.2) is 5.78 Å². The van der Waals surface area contributed by atoms with Gasteiger partial charge in [-0.05, 0) is 18.6 Å². The first-order chi connectivity index (χ1) is 7.54. The fourth-order valence-electron chi connectivity index (χ4n) is 1.40. The van der Waals surface area contributed by atoms with E-state index in [1.165, 1.54) is 13.2 Å². The average Bonchev–Trinajstić information content (AvgIpc) is 2.22. The number of ketones is 1. The number of carbonyl (C=O) groups is 1. The Morgan fingerprint density at radius 3 is 2.81 bits per heavy atom. The van der Waals surface area contributed by atoms with Gasteiger partial charge in [0.1, 0.15) is 5.82 Å². The topological polar surface area (TPSA) is 52.3 Å². The predicted octanol–water partition coefficient (Wildman–Crippen LogP) is 1.68. The molecule has 0 aliphatic carbocycles. The molecule has 0 heterocycles. The van der Waals surface area contributed by atoms with Crippen LogP contribution < -0.4 is 5.73 Å². The highest BCUT2D eigenvalue weighted by Gasteiger charge is 2.12. The molecule has 1 unspecified atom stereocenters. The summed E-state index contributed by atoms with van der Waals surface area (Å²) >= 11 is 0. The number of ether oxygens (including phenoxy) is 1. The van der Waals surface area contributed by atoms with Gasteiger partial charge in [-0.1, -0.05) is 12.1 Å². The van der Waals surface area contributed by atoms with E-state index < -0.39 is 0 Å². The number of methoxy groups -OCH3 is 1. The SMILES string of the molecule is COCC(N)CC(=O)c1ccc(C)c(F)c1. The van der Waals surface area contributed by atoms with Gasteiger partial charge < -0.3 is 10.5 Å². The van der Waals surface area contributed by atoms with E-state index in [1.54, 1.807) is 19.1 Å². The lowest BCUT2D eigenvalue weighted by Gasteiger charge is -2.09. The van der Waals surface area contributed by atoms with E-state index in [2.05, 4.69) is 0 Å². The summed E-state index contributed by atoms with van der Waals surface area (Å²) in [5.41, 5.74) is 6.53. The molecule has 4 heteroatoms. The van der Waals surface area contributed by atoms with Crippen LogP contribution in [0.15, 0.2) is 18.2 Å². The normalized spacial score (nSPS) is 12.5. The molecule has 2 N–H and O–H groups in total. The molecule has 0 bridgehead atoms. The van der Waals surface area contributed by atoms with Gasteiger partial charge in [0.25, 0.3) is 0 Å². The van der Waals surface area contributed by atoms with Crippen molar-refractivity contribution < 1.29 is 13.9 Å². The van der Waals surface area contributed by atoms with Crippen molar-refractivity contribution in [3.63, 3.8) is 0 Å². The van der Waals surface area contributed by atoms with Crippen LogP contribution in [-0.4, -0.2) is 25.5 Å². The first-order valence-electron chi connectivity index (χ1n) is 5.08. The van der Waals surface area contributed by atoms with E-state index in [4.69, 9.17) is 10.5 Å². The number of nitrogens with two attached hydrogens (primary N) is 1. The summed E-state index contributed by atoms with van der Waals surface area (Å²) in [6.45, 7) is 1.97. The fourth-order valence-corrected chi connectivity index (χ4v) is 1.40. The number of hydrogen-bond donors (Lipinski definition) is 1. The summed E-state index contributed by atoms with van der Waals surface area (Å²) in [6, 6.07) is 4.10. The maximum absolute atomic E-state index is 13.2. The standard InChI is InChI=1S/C12H16FNO2/c1-8-3-4-9(5-11(8)13)12(15)6-10(14)7-16-2/h3-5,10H,6-7,14H2,1-2H3. The Bertz CT molecular complexity index is 379. The van der Waals surface area contributed by atoms with E-state index in [-0.39, 0.29) is 24.1 Å². The largest absolute Gasteiger partial charge is 0.383 e. The third kappa shape index (κ3) is 3.40. The van der Waals surface area contributed by atoms with Gasteiger partial charge in [-0.2, -0.15) is 0 Å². The van der Waals surface area contributed by atoms with E-state index in [1.807, 2.05) is 0 Å². The molecule has 0 saturated carbocycles. The number of hydrogen-bond acceptors (Lipinski definition) is 3. The molecule has 3 nitrogen and oxygen atoms in total. The van der Waals surface area contributed by atoms with Crippen LogP contribution in [0.25, 0.3) is 0 Å². The van der Waals surface area contributed by atoms with E-state index in [0.29, 0.717) is 17.7 Å². The van der Waals surface area contributed by atoms with Gasteiger partial charge in [-0.25, -0.2) is 4.39 Å². The van der Waals surface area contributed by atoms with Crippen molar-refractivity contribution in [2.45, 2.75) is 19.4 Å². The molecule has 1 atom stereocenters. The quantitative estimate of drug-likeness (QED) is 0.776. The zero-order chi connectivity index (χ0) is 12.1. The highest BCUT2D eigenvalue weighted by Crippen LogP contribution is 2.11. The average molecular weight is 225 g/mol. The van der Waals surface area contributed by atoms with Gasteiger partial charge in [0.05, 0.1) is 6.61 Å². The molecular weight excluding hydrogens is 209 g/mol. The molecule has 1 rings (SSSR count). The summed E-state index contributed by atoms with van der Waals surface area (Å²) in [4.78, 5) is 11.7. The fraction of sp³-hybridized carbons (Fsp3) is 0.417. The van der Waals surface area contributed by atoms with Crippen LogP contribution >= 0.6 is 0 Å². The number of Topliss-reactive ketones (excluding diaryl/α,β-unsaturated/α-hetero) is 1. The van der Waals surface area contributed by atoms with Crippen LogP contribution in [0, 0.1) is 12.7 Å². The minimum absolute atomic E-state index is 0.163. The summed E-state index contributed by atoms with van der Waals surface area (Å²) < 4.78 is 18.0. The van der Waals surface area contributed by atoms with Crippen molar-refractivity contribution >= 4 is 5.78 Å².